The van der Waals surface area contributed by atoms with E-state index < -0.39 is 0 Å². The maximum atomic E-state index is 10.9. The molecule has 0 spiro atoms. The van der Waals surface area contributed by atoms with Crippen molar-refractivity contribution in [1.82, 2.24) is 10.3 Å². The molecule has 4 heteroatoms. The number of carbonyl (C=O) groups excluding carboxylic acids is 1. The van der Waals surface area contributed by atoms with Crippen molar-refractivity contribution in [2.75, 3.05) is 6.54 Å². The fourth-order valence-electron chi connectivity index (χ4n) is 1.58. The third kappa shape index (κ3) is 3.32. The zero-order chi connectivity index (χ0) is 11.3. The van der Waals surface area contributed by atoms with Crippen LogP contribution in [0.4, 0.5) is 0 Å². The van der Waals surface area contributed by atoms with Gasteiger partial charge in [-0.05, 0) is 30.7 Å². The maximum Gasteiger partial charge on any atom is 0.219 e. The van der Waals surface area contributed by atoms with Crippen molar-refractivity contribution in [2.45, 2.75) is 26.3 Å². The summed E-state index contributed by atoms with van der Waals surface area (Å²) < 4.78 is 0. The summed E-state index contributed by atoms with van der Waals surface area (Å²) in [5.41, 5.74) is 7.37. The van der Waals surface area contributed by atoms with Crippen LogP contribution in [0.2, 0.25) is 0 Å². The molecule has 0 bridgehead atoms. The predicted octanol–water partition coefficient (Wildman–Crippen LogP) is 0.916. The van der Waals surface area contributed by atoms with Crippen molar-refractivity contribution in [3.8, 4) is 0 Å². The van der Waals surface area contributed by atoms with Crippen LogP contribution in [0.25, 0.3) is 0 Å². The van der Waals surface area contributed by atoms with E-state index >= 15 is 0 Å². The lowest BCUT2D eigenvalue weighted by molar-refractivity contribution is -0.118. The molecule has 0 aliphatic rings. The Bertz CT molecular complexity index is 338. The summed E-state index contributed by atoms with van der Waals surface area (Å²) >= 11 is 0. The van der Waals surface area contributed by atoms with E-state index in [2.05, 4.69) is 10.3 Å². The third-order valence-electron chi connectivity index (χ3n) is 2.31. The molecule has 3 N–H and O–H groups in total. The van der Waals surface area contributed by atoms with Crippen LogP contribution < -0.4 is 11.1 Å². The van der Waals surface area contributed by atoms with E-state index in [4.69, 9.17) is 5.73 Å². The molecule has 0 saturated heterocycles. The number of pyridine rings is 1. The molecule has 1 rings (SSSR count). The number of carbonyl (C=O) groups is 1. The smallest absolute Gasteiger partial charge is 0.219 e. The molecule has 82 valence electrons. The summed E-state index contributed by atoms with van der Waals surface area (Å²) in [5, 5.41) is 3.23. The van der Waals surface area contributed by atoms with Crippen LogP contribution >= 0.6 is 0 Å². The van der Waals surface area contributed by atoms with E-state index in [9.17, 15) is 4.79 Å². The van der Waals surface area contributed by atoms with Gasteiger partial charge in [0, 0.05) is 24.9 Å². The molecular formula is C11H17N3O. The highest BCUT2D eigenvalue weighted by atomic mass is 16.1. The number of primary amides is 1. The molecule has 0 aliphatic heterocycles. The summed E-state index contributed by atoms with van der Waals surface area (Å²) in [7, 11) is 0. The number of hydrogen-bond acceptors (Lipinski definition) is 3. The topological polar surface area (TPSA) is 68.0 Å². The standard InChI is InChI=1S/C11H17N3O/c1-3-14-10(6-11(12)15)9-7-13-5-4-8(9)2/h4-5,7,10,14H,3,6H2,1-2H3,(H2,12,15). The number of rotatable bonds is 5. The van der Waals surface area contributed by atoms with Gasteiger partial charge >= 0.3 is 0 Å². The van der Waals surface area contributed by atoms with E-state index in [0.717, 1.165) is 17.7 Å². The van der Waals surface area contributed by atoms with E-state index in [1.165, 1.54) is 0 Å². The average Bonchev–Trinajstić information content (AvgIpc) is 2.17. The minimum absolute atomic E-state index is 0.0267. The fourth-order valence-corrected chi connectivity index (χ4v) is 1.58. The van der Waals surface area contributed by atoms with Gasteiger partial charge in [0.1, 0.15) is 0 Å². The first-order chi connectivity index (χ1) is 7.15. The van der Waals surface area contributed by atoms with E-state index in [1.54, 1.807) is 12.4 Å². The normalized spacial score (nSPS) is 12.4. The number of nitrogens with two attached hydrogens (primary N) is 1. The van der Waals surface area contributed by atoms with Gasteiger partial charge < -0.3 is 11.1 Å². The van der Waals surface area contributed by atoms with Crippen molar-refractivity contribution in [3.63, 3.8) is 0 Å². The first-order valence-electron chi connectivity index (χ1n) is 5.07. The van der Waals surface area contributed by atoms with Crippen molar-refractivity contribution >= 4 is 5.91 Å². The molecule has 1 heterocycles. The lowest BCUT2D eigenvalue weighted by Gasteiger charge is -2.18. The fraction of sp³-hybridized carbons (Fsp3) is 0.455. The highest BCUT2D eigenvalue weighted by molar-refractivity contribution is 5.74. The Labute approximate surface area is 89.9 Å². The number of amides is 1. The van der Waals surface area contributed by atoms with Gasteiger partial charge in [0.15, 0.2) is 0 Å². The number of aromatic nitrogens is 1. The van der Waals surface area contributed by atoms with Gasteiger partial charge in [-0.1, -0.05) is 6.92 Å². The molecule has 1 atom stereocenters. The molecule has 0 saturated carbocycles. The van der Waals surface area contributed by atoms with Crippen LogP contribution in [0.3, 0.4) is 0 Å². The minimum atomic E-state index is -0.302. The summed E-state index contributed by atoms with van der Waals surface area (Å²) in [6.07, 6.45) is 3.83. The second-order valence-corrected chi connectivity index (χ2v) is 3.51. The monoisotopic (exact) mass is 207 g/mol. The Balaban J connectivity index is 2.88. The summed E-state index contributed by atoms with van der Waals surface area (Å²) in [6.45, 7) is 4.80. The minimum Gasteiger partial charge on any atom is -0.370 e. The quantitative estimate of drug-likeness (QED) is 0.754. The first-order valence-corrected chi connectivity index (χ1v) is 5.07. The van der Waals surface area contributed by atoms with Crippen LogP contribution in [-0.4, -0.2) is 17.4 Å². The van der Waals surface area contributed by atoms with Crippen LogP contribution in [0.15, 0.2) is 18.5 Å². The Hall–Kier alpha value is -1.42. The number of nitrogens with zero attached hydrogens (tertiary/aromatic N) is 1. The summed E-state index contributed by atoms with van der Waals surface area (Å²) in [6, 6.07) is 1.90. The molecule has 0 aromatic carbocycles. The summed E-state index contributed by atoms with van der Waals surface area (Å²) in [4.78, 5) is 15.0. The van der Waals surface area contributed by atoms with E-state index in [-0.39, 0.29) is 11.9 Å². The van der Waals surface area contributed by atoms with Crippen molar-refractivity contribution < 1.29 is 4.79 Å². The van der Waals surface area contributed by atoms with Crippen LogP contribution in [0.5, 0.6) is 0 Å². The molecule has 0 radical (unpaired) electrons. The van der Waals surface area contributed by atoms with Gasteiger partial charge in [0.2, 0.25) is 5.91 Å². The molecule has 1 amide bonds. The van der Waals surface area contributed by atoms with Gasteiger partial charge in [0.25, 0.3) is 0 Å². The Morgan fingerprint density at radius 3 is 2.93 bits per heavy atom. The highest BCUT2D eigenvalue weighted by Crippen LogP contribution is 2.18. The molecule has 0 fully saturated rings. The lowest BCUT2D eigenvalue weighted by atomic mass is 10.0. The van der Waals surface area contributed by atoms with Gasteiger partial charge in [-0.2, -0.15) is 0 Å². The predicted molar refractivity (Wildman–Crippen MR) is 59.2 cm³/mol. The van der Waals surface area contributed by atoms with Crippen LogP contribution in [0.1, 0.15) is 30.5 Å². The number of aryl methyl sites for hydroxylation is 1. The Morgan fingerprint density at radius 1 is 1.67 bits per heavy atom. The van der Waals surface area contributed by atoms with Crippen LogP contribution in [-0.2, 0) is 4.79 Å². The third-order valence-corrected chi connectivity index (χ3v) is 2.31. The molecule has 1 aromatic heterocycles. The second-order valence-electron chi connectivity index (χ2n) is 3.51. The zero-order valence-corrected chi connectivity index (χ0v) is 9.16. The highest BCUT2D eigenvalue weighted by Gasteiger charge is 2.14. The Kier molecular flexibility index (Phi) is 4.24. The lowest BCUT2D eigenvalue weighted by Crippen LogP contribution is -2.27. The Morgan fingerprint density at radius 2 is 2.40 bits per heavy atom. The van der Waals surface area contributed by atoms with E-state index in [0.29, 0.717) is 6.42 Å². The van der Waals surface area contributed by atoms with Crippen LogP contribution in [0, 0.1) is 6.92 Å². The maximum absolute atomic E-state index is 10.9. The summed E-state index contributed by atoms with van der Waals surface area (Å²) in [5.74, 6) is -0.302. The molecule has 0 aliphatic carbocycles. The van der Waals surface area contributed by atoms with Crippen molar-refractivity contribution in [2.24, 2.45) is 5.73 Å². The molecule has 1 aromatic rings. The van der Waals surface area contributed by atoms with Gasteiger partial charge in [-0.25, -0.2) is 0 Å². The largest absolute Gasteiger partial charge is 0.370 e. The molecule has 4 nitrogen and oxygen atoms in total. The van der Waals surface area contributed by atoms with E-state index in [1.807, 2.05) is 19.9 Å². The van der Waals surface area contributed by atoms with Gasteiger partial charge in [0.05, 0.1) is 0 Å². The second kappa shape index (κ2) is 5.46. The molecule has 1 unspecified atom stereocenters. The first kappa shape index (κ1) is 11.7. The zero-order valence-electron chi connectivity index (χ0n) is 9.16. The van der Waals surface area contributed by atoms with Crippen molar-refractivity contribution in [3.05, 3.63) is 29.6 Å². The number of nitrogens with one attached hydrogen (secondary N) is 1. The molecule has 15 heavy (non-hydrogen) atoms. The molecular weight excluding hydrogens is 190 g/mol. The van der Waals surface area contributed by atoms with Gasteiger partial charge in [-0.15, -0.1) is 0 Å². The number of hydrogen-bond donors (Lipinski definition) is 2. The average molecular weight is 207 g/mol. The van der Waals surface area contributed by atoms with Gasteiger partial charge in [-0.3, -0.25) is 9.78 Å². The van der Waals surface area contributed by atoms with Crippen molar-refractivity contribution in [1.29, 1.82) is 0 Å². The SMILES string of the molecule is CCNC(CC(N)=O)c1cnccc1C.